The molecular weight excluding hydrogens is 563 g/mol. The van der Waals surface area contributed by atoms with Crippen LogP contribution in [0.25, 0.3) is 16.8 Å². The van der Waals surface area contributed by atoms with Crippen molar-refractivity contribution in [2.24, 2.45) is 5.92 Å². The number of hydrogen-bond donors (Lipinski definition) is 0. The van der Waals surface area contributed by atoms with Crippen LogP contribution in [0.3, 0.4) is 0 Å². The van der Waals surface area contributed by atoms with Gasteiger partial charge < -0.3 is 19.6 Å². The summed E-state index contributed by atoms with van der Waals surface area (Å²) in [5, 5.41) is 15.5. The van der Waals surface area contributed by atoms with Gasteiger partial charge in [-0.2, -0.15) is 10.4 Å². The van der Waals surface area contributed by atoms with E-state index in [1.165, 1.54) is 23.5 Å². The molecule has 0 aliphatic carbocycles. The number of halogens is 1. The van der Waals surface area contributed by atoms with Gasteiger partial charge in [-0.15, -0.1) is 0 Å². The number of nitriles is 1. The topological polar surface area (TPSA) is 84.0 Å². The van der Waals surface area contributed by atoms with Crippen LogP contribution >= 0.6 is 11.3 Å². The van der Waals surface area contributed by atoms with Crippen molar-refractivity contribution in [1.82, 2.24) is 24.4 Å². The molecule has 3 aromatic heterocycles. The molecule has 11 heteroatoms. The van der Waals surface area contributed by atoms with Gasteiger partial charge >= 0.3 is 0 Å². The van der Waals surface area contributed by atoms with Gasteiger partial charge in [0.25, 0.3) is 0 Å². The van der Waals surface area contributed by atoms with Crippen LogP contribution in [-0.4, -0.2) is 83.7 Å². The monoisotopic (exact) mass is 600 g/mol. The average Bonchev–Trinajstić information content (AvgIpc) is 3.63. The fourth-order valence-electron chi connectivity index (χ4n) is 6.24. The number of anilines is 3. The van der Waals surface area contributed by atoms with Gasteiger partial charge in [-0.3, -0.25) is 4.79 Å². The quantitative estimate of drug-likeness (QED) is 0.305. The summed E-state index contributed by atoms with van der Waals surface area (Å²) in [6.07, 6.45) is 2.63. The molecule has 1 amide bonds. The van der Waals surface area contributed by atoms with Crippen LogP contribution in [0.5, 0.6) is 0 Å². The normalized spacial score (nSPS) is 16.6. The summed E-state index contributed by atoms with van der Waals surface area (Å²) in [5.41, 5.74) is 6.24. The summed E-state index contributed by atoms with van der Waals surface area (Å²) in [6, 6.07) is 12.7. The molecule has 0 bridgehead atoms. The fraction of sp³-hybridized carbons (Fsp3) is 0.438. The Labute approximate surface area is 255 Å². The minimum absolute atomic E-state index is 0.148. The Bertz CT molecular complexity index is 1670. The van der Waals surface area contributed by atoms with Crippen LogP contribution in [0.1, 0.15) is 36.0 Å². The van der Waals surface area contributed by atoms with Gasteiger partial charge in [0.2, 0.25) is 5.91 Å². The van der Waals surface area contributed by atoms with Crippen molar-refractivity contribution >= 4 is 39.3 Å². The van der Waals surface area contributed by atoms with E-state index in [0.717, 1.165) is 86.8 Å². The maximum absolute atomic E-state index is 13.6. The standard InChI is InChI=1S/C32H37FN8OS/c1-5-26-30(38(4)32-35-29(28(20-34)43-32)22-6-8-24(33)9-7-22)27-19-25(18-21(2)41(27)36-26)39-14-16-40(17-15-39)31(42)23-10-12-37(3)13-11-23/h6-9,18-19,23H,5,10-17H2,1-4H3. The summed E-state index contributed by atoms with van der Waals surface area (Å²) in [4.78, 5) is 27.2. The number of carbonyl (C=O) groups excluding carboxylic acids is 1. The van der Waals surface area contributed by atoms with Gasteiger partial charge in [0.15, 0.2) is 5.13 Å². The smallest absolute Gasteiger partial charge is 0.225 e. The molecule has 0 saturated carbocycles. The lowest BCUT2D eigenvalue weighted by Crippen LogP contribution is -2.51. The van der Waals surface area contributed by atoms with Crippen molar-refractivity contribution < 1.29 is 9.18 Å². The third-order valence-corrected chi connectivity index (χ3v) is 9.79. The molecule has 6 rings (SSSR count). The second kappa shape index (κ2) is 11.9. The molecule has 2 saturated heterocycles. The van der Waals surface area contributed by atoms with Crippen molar-refractivity contribution in [2.75, 3.05) is 63.2 Å². The molecule has 43 heavy (non-hydrogen) atoms. The van der Waals surface area contributed by atoms with Crippen LogP contribution in [0.4, 0.5) is 20.9 Å². The highest BCUT2D eigenvalue weighted by Gasteiger charge is 2.30. The minimum Gasteiger partial charge on any atom is -0.368 e. The summed E-state index contributed by atoms with van der Waals surface area (Å²) < 4.78 is 15.5. The number of piperazine rings is 1. The van der Waals surface area contributed by atoms with Gasteiger partial charge in [0.05, 0.1) is 16.9 Å². The van der Waals surface area contributed by atoms with Gasteiger partial charge in [0, 0.05) is 56.1 Å². The second-order valence-corrected chi connectivity index (χ2v) is 12.5. The lowest BCUT2D eigenvalue weighted by molar-refractivity contribution is -0.137. The zero-order valence-corrected chi connectivity index (χ0v) is 26.0. The number of aromatic nitrogens is 3. The van der Waals surface area contributed by atoms with Crippen molar-refractivity contribution in [3.8, 4) is 17.3 Å². The summed E-state index contributed by atoms with van der Waals surface area (Å²) in [5.74, 6) is 0.131. The fourth-order valence-corrected chi connectivity index (χ4v) is 7.09. The Hall–Kier alpha value is -4.01. The predicted molar refractivity (Wildman–Crippen MR) is 169 cm³/mol. The molecule has 224 valence electrons. The van der Waals surface area contributed by atoms with E-state index in [4.69, 9.17) is 10.1 Å². The lowest BCUT2D eigenvalue weighted by atomic mass is 9.95. The van der Waals surface area contributed by atoms with Crippen LogP contribution in [0.15, 0.2) is 36.4 Å². The number of nitrogens with zero attached hydrogens (tertiary/aromatic N) is 8. The first-order chi connectivity index (χ1) is 20.8. The summed E-state index contributed by atoms with van der Waals surface area (Å²) >= 11 is 1.32. The molecule has 0 atom stereocenters. The zero-order chi connectivity index (χ0) is 30.2. The Kier molecular flexibility index (Phi) is 8.07. The van der Waals surface area contributed by atoms with Gasteiger partial charge in [-0.1, -0.05) is 18.3 Å². The maximum atomic E-state index is 13.6. The van der Waals surface area contributed by atoms with Crippen molar-refractivity contribution in [1.29, 1.82) is 5.26 Å². The number of likely N-dealkylation sites (tertiary alicyclic amines) is 1. The van der Waals surface area contributed by atoms with Gasteiger partial charge in [0.1, 0.15) is 22.5 Å². The van der Waals surface area contributed by atoms with E-state index in [1.807, 2.05) is 16.5 Å². The highest BCUT2D eigenvalue weighted by atomic mass is 32.1. The van der Waals surface area contributed by atoms with Crippen molar-refractivity contribution in [2.45, 2.75) is 33.1 Å². The van der Waals surface area contributed by atoms with E-state index >= 15 is 0 Å². The molecule has 2 aliphatic rings. The third-order valence-electron chi connectivity index (χ3n) is 8.76. The first-order valence-electron chi connectivity index (χ1n) is 14.9. The number of piperidine rings is 1. The number of aryl methyl sites for hydroxylation is 2. The molecule has 4 aromatic rings. The Morgan fingerprint density at radius 3 is 2.47 bits per heavy atom. The number of pyridine rings is 1. The minimum atomic E-state index is -0.329. The average molecular weight is 601 g/mol. The molecule has 2 fully saturated rings. The first-order valence-corrected chi connectivity index (χ1v) is 15.7. The Morgan fingerprint density at radius 2 is 1.81 bits per heavy atom. The SMILES string of the molecule is CCc1nn2c(C)cc(N3CCN(C(=O)C4CCN(C)CC4)CC3)cc2c1N(C)c1nc(-c2ccc(F)cc2)c(C#N)s1. The molecule has 9 nitrogen and oxygen atoms in total. The van der Waals surface area contributed by atoms with E-state index < -0.39 is 0 Å². The molecule has 0 unspecified atom stereocenters. The highest BCUT2D eigenvalue weighted by Crippen LogP contribution is 2.39. The lowest BCUT2D eigenvalue weighted by Gasteiger charge is -2.39. The van der Waals surface area contributed by atoms with E-state index in [0.29, 0.717) is 27.2 Å². The molecule has 5 heterocycles. The van der Waals surface area contributed by atoms with Crippen LogP contribution in [-0.2, 0) is 11.2 Å². The molecule has 0 spiro atoms. The van der Waals surface area contributed by atoms with E-state index in [2.05, 4.69) is 53.8 Å². The number of fused-ring (bicyclic) bond motifs is 1. The molecular formula is C32H37FN8OS. The van der Waals surface area contributed by atoms with Gasteiger partial charge in [-0.25, -0.2) is 13.9 Å². The molecule has 0 radical (unpaired) electrons. The zero-order valence-electron chi connectivity index (χ0n) is 25.2. The van der Waals surface area contributed by atoms with Crippen molar-refractivity contribution in [3.05, 3.63) is 58.5 Å². The Morgan fingerprint density at radius 1 is 1.12 bits per heavy atom. The largest absolute Gasteiger partial charge is 0.368 e. The predicted octanol–water partition coefficient (Wildman–Crippen LogP) is 5.10. The Balaban J connectivity index is 1.27. The van der Waals surface area contributed by atoms with Crippen molar-refractivity contribution in [3.63, 3.8) is 0 Å². The maximum Gasteiger partial charge on any atom is 0.225 e. The molecule has 1 aromatic carbocycles. The number of carbonyl (C=O) groups is 1. The van der Waals surface area contributed by atoms with Gasteiger partial charge in [-0.05, 0) is 82.7 Å². The third kappa shape index (κ3) is 5.57. The van der Waals surface area contributed by atoms with E-state index in [9.17, 15) is 14.4 Å². The number of hydrogen-bond acceptors (Lipinski definition) is 8. The number of amides is 1. The number of thiazole rings is 1. The number of rotatable bonds is 6. The first kappa shape index (κ1) is 29.1. The van der Waals surface area contributed by atoms with E-state index in [-0.39, 0.29) is 11.7 Å². The summed E-state index contributed by atoms with van der Waals surface area (Å²) in [6.45, 7) is 9.15. The molecule has 0 N–H and O–H groups in total. The van der Waals surface area contributed by atoms with E-state index in [1.54, 1.807) is 12.1 Å². The van der Waals surface area contributed by atoms with Crippen LogP contribution in [0.2, 0.25) is 0 Å². The molecule has 2 aliphatic heterocycles. The van der Waals surface area contributed by atoms with Crippen LogP contribution < -0.4 is 9.80 Å². The summed E-state index contributed by atoms with van der Waals surface area (Å²) in [7, 11) is 4.08. The highest BCUT2D eigenvalue weighted by molar-refractivity contribution is 7.16. The number of benzene rings is 1. The second-order valence-electron chi connectivity index (χ2n) is 11.5. The van der Waals surface area contributed by atoms with Crippen LogP contribution in [0, 0.1) is 30.0 Å².